The molecule has 0 aliphatic carbocycles. The number of carbonyl (C=O) groups excluding carboxylic acids is 3. The zero-order valence-corrected chi connectivity index (χ0v) is 17.6. The molecule has 0 aromatic heterocycles. The first kappa shape index (κ1) is 22.7. The van der Waals surface area contributed by atoms with Gasteiger partial charge in [-0.1, -0.05) is 42.5 Å². The molecule has 164 valence electrons. The van der Waals surface area contributed by atoms with E-state index in [2.05, 4.69) is 16.0 Å². The van der Waals surface area contributed by atoms with Gasteiger partial charge in [0.05, 0.1) is 19.0 Å². The van der Waals surface area contributed by atoms with Crippen LogP contribution in [-0.4, -0.2) is 24.3 Å². The number of hydrogen-bond donors (Lipinski definition) is 3. The van der Waals surface area contributed by atoms with E-state index < -0.39 is 5.82 Å². The molecule has 3 N–H and O–H groups in total. The summed E-state index contributed by atoms with van der Waals surface area (Å²) >= 11 is 0. The van der Waals surface area contributed by atoms with Gasteiger partial charge in [-0.2, -0.15) is 0 Å². The first-order valence-electron chi connectivity index (χ1n) is 10.2. The molecule has 0 heterocycles. The van der Waals surface area contributed by atoms with Gasteiger partial charge in [-0.05, 0) is 54.4 Å². The summed E-state index contributed by atoms with van der Waals surface area (Å²) in [5.74, 6) is -1.36. The molecule has 1 atom stereocenters. The molecule has 1 unspecified atom stereocenters. The average molecular weight is 433 g/mol. The molecule has 3 amide bonds. The van der Waals surface area contributed by atoms with Gasteiger partial charge in [0.2, 0.25) is 11.8 Å². The van der Waals surface area contributed by atoms with Crippen molar-refractivity contribution in [3.63, 3.8) is 0 Å². The van der Waals surface area contributed by atoms with Crippen molar-refractivity contribution < 1.29 is 18.8 Å². The minimum Gasteiger partial charge on any atom is -0.348 e. The monoisotopic (exact) mass is 433 g/mol. The Hall–Kier alpha value is -4.00. The second-order valence-electron chi connectivity index (χ2n) is 7.32. The second kappa shape index (κ2) is 10.9. The molecule has 0 aliphatic heterocycles. The van der Waals surface area contributed by atoms with Crippen LogP contribution in [-0.2, 0) is 16.0 Å². The number of carbonyl (C=O) groups is 3. The third kappa shape index (κ3) is 6.77. The van der Waals surface area contributed by atoms with E-state index in [0.717, 1.165) is 5.56 Å². The number of amides is 3. The van der Waals surface area contributed by atoms with Crippen LogP contribution in [0.15, 0.2) is 78.9 Å². The van der Waals surface area contributed by atoms with Gasteiger partial charge in [-0.15, -0.1) is 0 Å². The molecular weight excluding hydrogens is 409 g/mol. The zero-order chi connectivity index (χ0) is 22.9. The van der Waals surface area contributed by atoms with Crippen LogP contribution in [0.2, 0.25) is 0 Å². The predicted octanol–water partition coefficient (Wildman–Crippen LogP) is 3.61. The summed E-state index contributed by atoms with van der Waals surface area (Å²) in [7, 11) is 0. The van der Waals surface area contributed by atoms with E-state index in [4.69, 9.17) is 0 Å². The number of rotatable bonds is 8. The maximum Gasteiger partial charge on any atom is 0.255 e. The highest BCUT2D eigenvalue weighted by Gasteiger charge is 2.13. The number of benzene rings is 3. The Morgan fingerprint density at radius 3 is 2.38 bits per heavy atom. The van der Waals surface area contributed by atoms with Gasteiger partial charge in [0.1, 0.15) is 5.82 Å². The van der Waals surface area contributed by atoms with Crippen molar-refractivity contribution in [1.82, 2.24) is 10.6 Å². The molecule has 3 aromatic carbocycles. The topological polar surface area (TPSA) is 87.3 Å². The Morgan fingerprint density at radius 1 is 0.875 bits per heavy atom. The summed E-state index contributed by atoms with van der Waals surface area (Å²) in [6.45, 7) is 1.62. The molecule has 3 rings (SSSR count). The maximum absolute atomic E-state index is 13.2. The molecule has 0 fully saturated rings. The normalized spacial score (nSPS) is 11.3. The summed E-state index contributed by atoms with van der Waals surface area (Å²) in [5.41, 5.74) is 2.50. The van der Waals surface area contributed by atoms with E-state index in [0.29, 0.717) is 16.8 Å². The van der Waals surface area contributed by atoms with Gasteiger partial charge in [-0.3, -0.25) is 14.4 Å². The lowest BCUT2D eigenvalue weighted by Gasteiger charge is -2.16. The molecule has 0 saturated heterocycles. The van der Waals surface area contributed by atoms with Crippen molar-refractivity contribution in [3.05, 3.63) is 101 Å². The molecule has 0 aliphatic rings. The fourth-order valence-corrected chi connectivity index (χ4v) is 3.13. The minimum atomic E-state index is -0.413. The SMILES string of the molecule is CC(NC(=O)CNC(=O)Cc1cccc(F)c1)c1cccc(NC(=O)c2ccccc2)c1. The Labute approximate surface area is 185 Å². The van der Waals surface area contributed by atoms with Gasteiger partial charge >= 0.3 is 0 Å². The average Bonchev–Trinajstić information content (AvgIpc) is 2.78. The third-order valence-electron chi connectivity index (χ3n) is 4.76. The van der Waals surface area contributed by atoms with E-state index in [-0.39, 0.29) is 36.7 Å². The van der Waals surface area contributed by atoms with Crippen LogP contribution in [0.5, 0.6) is 0 Å². The standard InChI is InChI=1S/C25H24FN3O3/c1-17(28-24(31)16-27-23(30)14-18-7-5-11-21(26)13-18)20-10-6-12-22(15-20)29-25(32)19-8-3-2-4-9-19/h2-13,15,17H,14,16H2,1H3,(H,27,30)(H,28,31)(H,29,32). The fourth-order valence-electron chi connectivity index (χ4n) is 3.13. The Kier molecular flexibility index (Phi) is 7.70. The lowest BCUT2D eigenvalue weighted by Crippen LogP contribution is -2.38. The summed E-state index contributed by atoms with van der Waals surface area (Å²) < 4.78 is 13.2. The third-order valence-corrected chi connectivity index (χ3v) is 4.76. The lowest BCUT2D eigenvalue weighted by molar-refractivity contribution is -0.126. The van der Waals surface area contributed by atoms with Crippen LogP contribution in [0.3, 0.4) is 0 Å². The van der Waals surface area contributed by atoms with E-state index >= 15 is 0 Å². The van der Waals surface area contributed by atoms with E-state index in [1.807, 2.05) is 19.1 Å². The highest BCUT2D eigenvalue weighted by Crippen LogP contribution is 2.18. The molecule has 0 saturated carbocycles. The minimum absolute atomic E-state index is 0.0102. The second-order valence-corrected chi connectivity index (χ2v) is 7.32. The molecule has 0 spiro atoms. The van der Waals surface area contributed by atoms with E-state index in [9.17, 15) is 18.8 Å². The van der Waals surface area contributed by atoms with Crippen LogP contribution in [0.1, 0.15) is 34.5 Å². The van der Waals surface area contributed by atoms with Gasteiger partial charge in [0.15, 0.2) is 0 Å². The van der Waals surface area contributed by atoms with Crippen LogP contribution in [0.25, 0.3) is 0 Å². The molecule has 0 bridgehead atoms. The summed E-state index contributed by atoms with van der Waals surface area (Å²) in [5, 5.41) is 8.18. The van der Waals surface area contributed by atoms with Gasteiger partial charge < -0.3 is 16.0 Å². The fraction of sp³-hybridized carbons (Fsp3) is 0.160. The van der Waals surface area contributed by atoms with Crippen molar-refractivity contribution in [3.8, 4) is 0 Å². The Balaban J connectivity index is 1.50. The van der Waals surface area contributed by atoms with Crippen molar-refractivity contribution in [2.24, 2.45) is 0 Å². The quantitative estimate of drug-likeness (QED) is 0.507. The van der Waals surface area contributed by atoms with Gasteiger partial charge in [0, 0.05) is 11.3 Å². The lowest BCUT2D eigenvalue weighted by atomic mass is 10.1. The molecule has 3 aromatic rings. The number of anilines is 1. The number of hydrogen-bond acceptors (Lipinski definition) is 3. The molecule has 0 radical (unpaired) electrons. The van der Waals surface area contributed by atoms with Crippen molar-refractivity contribution in [1.29, 1.82) is 0 Å². The maximum atomic E-state index is 13.2. The molecule has 6 nitrogen and oxygen atoms in total. The summed E-state index contributed by atoms with van der Waals surface area (Å²) in [4.78, 5) is 36.6. The van der Waals surface area contributed by atoms with Crippen LogP contribution in [0.4, 0.5) is 10.1 Å². The Bertz CT molecular complexity index is 1100. The zero-order valence-electron chi connectivity index (χ0n) is 17.6. The molecular formula is C25H24FN3O3. The van der Waals surface area contributed by atoms with Crippen molar-refractivity contribution >= 4 is 23.4 Å². The van der Waals surface area contributed by atoms with E-state index in [1.54, 1.807) is 48.5 Å². The van der Waals surface area contributed by atoms with E-state index in [1.165, 1.54) is 18.2 Å². The first-order valence-corrected chi connectivity index (χ1v) is 10.2. The summed E-state index contributed by atoms with van der Waals surface area (Å²) in [6.07, 6.45) is -0.0102. The first-order chi connectivity index (χ1) is 15.4. The highest BCUT2D eigenvalue weighted by atomic mass is 19.1. The Morgan fingerprint density at radius 2 is 1.62 bits per heavy atom. The predicted molar refractivity (Wildman–Crippen MR) is 121 cm³/mol. The smallest absolute Gasteiger partial charge is 0.255 e. The van der Waals surface area contributed by atoms with Crippen LogP contribution in [0, 0.1) is 5.82 Å². The summed E-state index contributed by atoms with van der Waals surface area (Å²) in [6, 6.07) is 21.5. The van der Waals surface area contributed by atoms with Crippen molar-refractivity contribution in [2.45, 2.75) is 19.4 Å². The van der Waals surface area contributed by atoms with Crippen LogP contribution >= 0.6 is 0 Å². The largest absolute Gasteiger partial charge is 0.348 e. The number of nitrogens with one attached hydrogen (secondary N) is 3. The van der Waals surface area contributed by atoms with Gasteiger partial charge in [0.25, 0.3) is 5.91 Å². The highest BCUT2D eigenvalue weighted by molar-refractivity contribution is 6.04. The molecule has 7 heteroatoms. The number of halogens is 1. The van der Waals surface area contributed by atoms with Gasteiger partial charge in [-0.25, -0.2) is 4.39 Å². The molecule has 32 heavy (non-hydrogen) atoms. The van der Waals surface area contributed by atoms with Crippen molar-refractivity contribution in [2.75, 3.05) is 11.9 Å². The van der Waals surface area contributed by atoms with Crippen LogP contribution < -0.4 is 16.0 Å².